The molecule has 0 unspecified atom stereocenters. The summed E-state index contributed by atoms with van der Waals surface area (Å²) in [6.07, 6.45) is 0. The molecule has 1 N–H and O–H groups in total. The van der Waals surface area contributed by atoms with Gasteiger partial charge in [0.1, 0.15) is 5.75 Å². The van der Waals surface area contributed by atoms with Crippen LogP contribution in [0.5, 0.6) is 5.75 Å². The van der Waals surface area contributed by atoms with Gasteiger partial charge in [0.25, 0.3) is 15.7 Å². The first-order chi connectivity index (χ1) is 16.8. The Morgan fingerprint density at radius 1 is 1.11 bits per heavy atom. The van der Waals surface area contributed by atoms with E-state index >= 15 is 0 Å². The average molecular weight is 513 g/mol. The Morgan fingerprint density at radius 2 is 1.86 bits per heavy atom. The first-order valence-electron chi connectivity index (χ1n) is 10.3. The van der Waals surface area contributed by atoms with E-state index in [1.54, 1.807) is 37.4 Å². The normalized spacial score (nSPS) is 11.3. The molecule has 0 aliphatic carbocycles. The molecule has 4 aromatic rings. The van der Waals surface area contributed by atoms with E-state index in [0.29, 0.717) is 16.8 Å². The van der Waals surface area contributed by atoms with Gasteiger partial charge < -0.3 is 10.1 Å². The molecule has 1 amide bonds. The van der Waals surface area contributed by atoms with Crippen molar-refractivity contribution >= 4 is 44.4 Å². The van der Waals surface area contributed by atoms with Crippen LogP contribution in [-0.2, 0) is 21.4 Å². The molecule has 35 heavy (non-hydrogen) atoms. The molecule has 1 heterocycles. The minimum absolute atomic E-state index is 0.0742. The van der Waals surface area contributed by atoms with E-state index in [1.807, 2.05) is 18.2 Å². The number of fused-ring (bicyclic) bond motifs is 1. The number of hydrogen-bond donors (Lipinski definition) is 1. The molecule has 10 nitrogen and oxygen atoms in total. The van der Waals surface area contributed by atoms with E-state index in [9.17, 15) is 23.3 Å². The highest BCUT2D eigenvalue weighted by Crippen LogP contribution is 2.30. The second-order valence-electron chi connectivity index (χ2n) is 7.28. The number of para-hydroxylation sites is 3. The van der Waals surface area contributed by atoms with Crippen LogP contribution in [0.15, 0.2) is 82.8 Å². The SMILES string of the molecule is COc1ccccc1CNC(=O)CSc1nc2ccccc2n1S(=O)(=O)c1cccc([N+](=O)[O-])c1. The summed E-state index contributed by atoms with van der Waals surface area (Å²) < 4.78 is 33.3. The lowest BCUT2D eigenvalue weighted by atomic mass is 10.2. The number of nitrogens with zero attached hydrogens (tertiary/aromatic N) is 3. The second kappa shape index (κ2) is 10.2. The van der Waals surface area contributed by atoms with Crippen molar-refractivity contribution in [3.05, 3.63) is 88.5 Å². The van der Waals surface area contributed by atoms with Crippen LogP contribution in [0.4, 0.5) is 5.69 Å². The molecular formula is C23H20N4O6S2. The van der Waals surface area contributed by atoms with Gasteiger partial charge in [0.15, 0.2) is 5.16 Å². The third-order valence-corrected chi connectivity index (χ3v) is 7.81. The van der Waals surface area contributed by atoms with Crippen molar-refractivity contribution in [3.8, 4) is 5.75 Å². The Balaban J connectivity index is 1.60. The highest BCUT2D eigenvalue weighted by Gasteiger charge is 2.26. The van der Waals surface area contributed by atoms with Crippen LogP contribution in [0.25, 0.3) is 11.0 Å². The lowest BCUT2D eigenvalue weighted by Crippen LogP contribution is -2.25. The number of imidazole rings is 1. The zero-order chi connectivity index (χ0) is 25.0. The molecule has 4 rings (SSSR count). The van der Waals surface area contributed by atoms with Crippen LogP contribution in [0.1, 0.15) is 5.56 Å². The zero-order valence-corrected chi connectivity index (χ0v) is 20.1. The van der Waals surface area contributed by atoms with Crippen LogP contribution in [0.3, 0.4) is 0 Å². The molecule has 0 saturated heterocycles. The Hall–Kier alpha value is -3.90. The highest BCUT2D eigenvalue weighted by molar-refractivity contribution is 8.00. The molecule has 0 radical (unpaired) electrons. The standard InChI is InChI=1S/C23H20N4O6S2/c1-33-21-12-5-2-7-16(21)14-24-22(28)15-34-23-25-19-10-3-4-11-20(19)26(23)35(31,32)18-9-6-8-17(13-18)27(29)30/h2-13H,14-15H2,1H3,(H,24,28). The number of non-ortho nitro benzene ring substituents is 1. The predicted octanol–water partition coefficient (Wildman–Crippen LogP) is 3.60. The topological polar surface area (TPSA) is 133 Å². The number of hydrogen-bond acceptors (Lipinski definition) is 8. The molecule has 12 heteroatoms. The Morgan fingerprint density at radius 3 is 2.63 bits per heavy atom. The van der Waals surface area contributed by atoms with Crippen molar-refractivity contribution in [2.75, 3.05) is 12.9 Å². The van der Waals surface area contributed by atoms with E-state index in [4.69, 9.17) is 4.74 Å². The highest BCUT2D eigenvalue weighted by atomic mass is 32.2. The fraction of sp³-hybridized carbons (Fsp3) is 0.130. The number of aromatic nitrogens is 2. The number of carbonyl (C=O) groups excluding carboxylic acids is 1. The van der Waals surface area contributed by atoms with Crippen molar-refractivity contribution in [2.45, 2.75) is 16.6 Å². The number of ether oxygens (including phenoxy) is 1. The van der Waals surface area contributed by atoms with Gasteiger partial charge in [-0.1, -0.05) is 48.2 Å². The first kappa shape index (κ1) is 24.2. The molecule has 0 aliphatic heterocycles. The molecule has 1 aromatic heterocycles. The van der Waals surface area contributed by atoms with Gasteiger partial charge >= 0.3 is 0 Å². The van der Waals surface area contributed by atoms with Crippen LogP contribution < -0.4 is 10.1 Å². The molecule has 0 bridgehead atoms. The third-order valence-electron chi connectivity index (χ3n) is 5.06. The number of thioether (sulfide) groups is 1. The molecule has 3 aromatic carbocycles. The van der Waals surface area contributed by atoms with Gasteiger partial charge in [-0.25, -0.2) is 17.4 Å². The van der Waals surface area contributed by atoms with Crippen molar-refractivity contribution in [2.24, 2.45) is 0 Å². The third kappa shape index (κ3) is 5.12. The van der Waals surface area contributed by atoms with Crippen LogP contribution >= 0.6 is 11.8 Å². The summed E-state index contributed by atoms with van der Waals surface area (Å²) in [7, 11) is -2.70. The predicted molar refractivity (Wildman–Crippen MR) is 131 cm³/mol. The number of carbonyl (C=O) groups is 1. The molecule has 0 atom stereocenters. The number of rotatable bonds is 9. The Kier molecular flexibility index (Phi) is 7.03. The number of nitro benzene ring substituents is 1. The Labute approximate surface area is 205 Å². The fourth-order valence-corrected chi connectivity index (χ4v) is 5.98. The Bertz CT molecular complexity index is 1520. The maximum Gasteiger partial charge on any atom is 0.270 e. The van der Waals surface area contributed by atoms with E-state index in [2.05, 4.69) is 10.3 Å². The van der Waals surface area contributed by atoms with Crippen molar-refractivity contribution < 1.29 is 22.9 Å². The minimum atomic E-state index is -4.24. The maximum atomic E-state index is 13.5. The lowest BCUT2D eigenvalue weighted by molar-refractivity contribution is -0.385. The van der Waals surface area contributed by atoms with Crippen LogP contribution in [-0.4, -0.2) is 41.1 Å². The van der Waals surface area contributed by atoms with Gasteiger partial charge in [0.2, 0.25) is 5.91 Å². The van der Waals surface area contributed by atoms with Gasteiger partial charge in [-0.2, -0.15) is 0 Å². The van der Waals surface area contributed by atoms with E-state index in [1.165, 1.54) is 18.2 Å². The minimum Gasteiger partial charge on any atom is -0.496 e. The number of methoxy groups -OCH3 is 1. The van der Waals surface area contributed by atoms with E-state index in [-0.39, 0.29) is 33.9 Å². The lowest BCUT2D eigenvalue weighted by Gasteiger charge is -2.11. The molecule has 0 fully saturated rings. The number of amides is 1. The average Bonchev–Trinajstić information content (AvgIpc) is 3.25. The summed E-state index contributed by atoms with van der Waals surface area (Å²) in [5.74, 6) is 0.223. The maximum absolute atomic E-state index is 13.5. The summed E-state index contributed by atoms with van der Waals surface area (Å²) in [5.41, 5.74) is 1.17. The van der Waals surface area contributed by atoms with Crippen molar-refractivity contribution in [1.29, 1.82) is 0 Å². The molecule has 0 saturated carbocycles. The van der Waals surface area contributed by atoms with Gasteiger partial charge in [-0.05, 0) is 24.3 Å². The quantitative estimate of drug-likeness (QED) is 0.204. The fourth-order valence-electron chi connectivity index (χ4n) is 3.39. The van der Waals surface area contributed by atoms with Gasteiger partial charge in [0, 0.05) is 24.2 Å². The largest absolute Gasteiger partial charge is 0.496 e. The van der Waals surface area contributed by atoms with Crippen molar-refractivity contribution in [3.63, 3.8) is 0 Å². The van der Waals surface area contributed by atoms with Gasteiger partial charge in [-0.15, -0.1) is 0 Å². The molecule has 0 aliphatic rings. The summed E-state index contributed by atoms with van der Waals surface area (Å²) in [5, 5.41) is 14.0. The summed E-state index contributed by atoms with van der Waals surface area (Å²) in [6.45, 7) is 0.242. The summed E-state index contributed by atoms with van der Waals surface area (Å²) in [6, 6.07) is 18.7. The van der Waals surface area contributed by atoms with Gasteiger partial charge in [0.05, 0.1) is 33.7 Å². The molecule has 180 valence electrons. The van der Waals surface area contributed by atoms with Crippen LogP contribution in [0, 0.1) is 10.1 Å². The summed E-state index contributed by atoms with van der Waals surface area (Å²) in [4.78, 5) is 27.2. The molecular weight excluding hydrogens is 492 g/mol. The number of benzene rings is 3. The van der Waals surface area contributed by atoms with Crippen LogP contribution in [0.2, 0.25) is 0 Å². The van der Waals surface area contributed by atoms with Crippen molar-refractivity contribution in [1.82, 2.24) is 14.3 Å². The number of nitro groups is 1. The second-order valence-corrected chi connectivity index (χ2v) is 10.0. The number of nitrogens with one attached hydrogen (secondary N) is 1. The van der Waals surface area contributed by atoms with Gasteiger partial charge in [-0.3, -0.25) is 14.9 Å². The zero-order valence-electron chi connectivity index (χ0n) is 18.5. The monoisotopic (exact) mass is 512 g/mol. The summed E-state index contributed by atoms with van der Waals surface area (Å²) >= 11 is 0.954. The van der Waals surface area contributed by atoms with E-state index in [0.717, 1.165) is 27.4 Å². The first-order valence-corrected chi connectivity index (χ1v) is 12.7. The molecule has 0 spiro atoms. The smallest absolute Gasteiger partial charge is 0.270 e. The van der Waals surface area contributed by atoms with E-state index < -0.39 is 14.9 Å².